The Morgan fingerprint density at radius 1 is 1.09 bits per heavy atom. The number of para-hydroxylation sites is 1. The third-order valence-electron chi connectivity index (χ3n) is 5.56. The van der Waals surface area contributed by atoms with Crippen LogP contribution >= 0.6 is 0 Å². The molecule has 3 aromatic rings. The molecule has 2 aromatic carbocycles. The summed E-state index contributed by atoms with van der Waals surface area (Å²) >= 11 is 0. The minimum atomic E-state index is 0.0148. The molecular formula is C27H35N3O2. The first kappa shape index (κ1) is 23.6. The van der Waals surface area contributed by atoms with Crippen LogP contribution in [0, 0.1) is 0 Å². The van der Waals surface area contributed by atoms with E-state index >= 15 is 0 Å². The number of rotatable bonds is 10. The molecule has 1 aliphatic heterocycles. The average molecular weight is 434 g/mol. The molecule has 0 atom stereocenters. The Labute approximate surface area is 191 Å². The number of aromatic nitrogens is 1. The summed E-state index contributed by atoms with van der Waals surface area (Å²) in [6, 6.07) is 16.3. The number of nitrogens with zero attached hydrogens (tertiary/aromatic N) is 1. The van der Waals surface area contributed by atoms with E-state index in [1.807, 2.05) is 50.4 Å². The van der Waals surface area contributed by atoms with Gasteiger partial charge in [-0.3, -0.25) is 15.1 Å². The number of carbonyl (C=O) groups is 1. The second-order valence-electron chi connectivity index (χ2n) is 7.85. The van der Waals surface area contributed by atoms with E-state index in [2.05, 4.69) is 40.1 Å². The van der Waals surface area contributed by atoms with Crippen molar-refractivity contribution in [3.8, 4) is 0 Å². The number of benzene rings is 2. The van der Waals surface area contributed by atoms with Crippen molar-refractivity contribution in [2.45, 2.75) is 59.1 Å². The van der Waals surface area contributed by atoms with Crippen molar-refractivity contribution >= 4 is 16.8 Å². The predicted molar refractivity (Wildman–Crippen MR) is 131 cm³/mol. The molecule has 5 heteroatoms. The van der Waals surface area contributed by atoms with Crippen molar-refractivity contribution in [3.63, 3.8) is 0 Å². The molecule has 1 aliphatic rings. The maximum atomic E-state index is 12.7. The van der Waals surface area contributed by atoms with Gasteiger partial charge in [-0.2, -0.15) is 0 Å². The number of amides is 1. The second-order valence-corrected chi connectivity index (χ2v) is 7.85. The Bertz CT molecular complexity index is 1020. The van der Waals surface area contributed by atoms with Crippen LogP contribution in [-0.4, -0.2) is 17.0 Å². The molecule has 4 rings (SSSR count). The maximum Gasteiger partial charge on any atom is 0.253 e. The van der Waals surface area contributed by atoms with Gasteiger partial charge in [-0.05, 0) is 43.2 Å². The summed E-state index contributed by atoms with van der Waals surface area (Å²) in [6.07, 6.45) is 6.89. The maximum absolute atomic E-state index is 12.7. The van der Waals surface area contributed by atoms with E-state index in [0.717, 1.165) is 60.9 Å². The molecule has 2 heterocycles. The first-order valence-electron chi connectivity index (χ1n) is 11.7. The van der Waals surface area contributed by atoms with Crippen LogP contribution in [-0.2, 0) is 24.4 Å². The van der Waals surface area contributed by atoms with Gasteiger partial charge in [-0.25, -0.2) is 0 Å². The van der Waals surface area contributed by atoms with E-state index in [1.54, 1.807) is 0 Å². The van der Waals surface area contributed by atoms with Gasteiger partial charge in [0.2, 0.25) is 0 Å². The van der Waals surface area contributed by atoms with E-state index in [9.17, 15) is 4.79 Å². The molecule has 0 spiro atoms. The summed E-state index contributed by atoms with van der Waals surface area (Å²) in [4.78, 5) is 18.2. The largest absolute Gasteiger partial charge is 0.352 e. The summed E-state index contributed by atoms with van der Waals surface area (Å²) in [5.41, 5.74) is 8.24. The molecule has 0 unspecified atom stereocenters. The van der Waals surface area contributed by atoms with E-state index in [-0.39, 0.29) is 5.91 Å². The van der Waals surface area contributed by atoms with Crippen LogP contribution in [0.1, 0.15) is 61.0 Å². The van der Waals surface area contributed by atoms with Crippen molar-refractivity contribution in [1.29, 1.82) is 0 Å². The normalized spacial score (nSPS) is 12.1. The number of allylic oxidation sites excluding steroid dienone is 1. The molecule has 0 aliphatic carbocycles. The zero-order valence-corrected chi connectivity index (χ0v) is 19.3. The van der Waals surface area contributed by atoms with Crippen molar-refractivity contribution in [2.24, 2.45) is 0 Å². The van der Waals surface area contributed by atoms with Crippen LogP contribution in [0.2, 0.25) is 0 Å². The van der Waals surface area contributed by atoms with Crippen molar-refractivity contribution < 1.29 is 9.63 Å². The van der Waals surface area contributed by atoms with Gasteiger partial charge in [0.1, 0.15) is 0 Å². The van der Waals surface area contributed by atoms with Gasteiger partial charge in [0.05, 0.1) is 17.7 Å². The zero-order chi connectivity index (χ0) is 22.8. The molecule has 0 saturated carbocycles. The Morgan fingerprint density at radius 2 is 1.91 bits per heavy atom. The summed E-state index contributed by atoms with van der Waals surface area (Å²) in [6.45, 7) is 10.2. The minimum absolute atomic E-state index is 0.0148. The Hall–Kier alpha value is -3.05. The Balaban J connectivity index is 0.00000141. The molecule has 5 nitrogen and oxygen atoms in total. The Morgan fingerprint density at radius 3 is 2.72 bits per heavy atom. The lowest BCUT2D eigenvalue weighted by Crippen LogP contribution is -2.24. The smallest absolute Gasteiger partial charge is 0.253 e. The van der Waals surface area contributed by atoms with Crippen molar-refractivity contribution in [2.75, 3.05) is 6.54 Å². The highest BCUT2D eigenvalue weighted by Crippen LogP contribution is 2.29. The van der Waals surface area contributed by atoms with Crippen molar-refractivity contribution in [3.05, 3.63) is 83.7 Å². The quantitative estimate of drug-likeness (QED) is 0.316. The molecule has 32 heavy (non-hydrogen) atoms. The van der Waals surface area contributed by atoms with E-state index in [1.165, 1.54) is 11.1 Å². The fraction of sp³-hybridized carbons (Fsp3) is 0.370. The van der Waals surface area contributed by atoms with E-state index < -0.39 is 0 Å². The van der Waals surface area contributed by atoms with Gasteiger partial charge < -0.3 is 9.88 Å². The lowest BCUT2D eigenvalue weighted by Gasteiger charge is -2.14. The molecule has 1 aromatic heterocycles. The molecule has 170 valence electrons. The third kappa shape index (κ3) is 6.01. The third-order valence-corrected chi connectivity index (χ3v) is 5.56. The first-order chi connectivity index (χ1) is 15.7. The van der Waals surface area contributed by atoms with Crippen LogP contribution < -0.4 is 10.8 Å². The molecule has 0 saturated heterocycles. The molecule has 0 bridgehead atoms. The number of hydroxylamine groups is 1. The number of hydrogen-bond donors (Lipinski definition) is 2. The van der Waals surface area contributed by atoms with Crippen LogP contribution in [0.25, 0.3) is 10.9 Å². The topological polar surface area (TPSA) is 55.3 Å². The number of nitrogens with one attached hydrogen (secondary N) is 2. The van der Waals surface area contributed by atoms with Crippen molar-refractivity contribution in [1.82, 2.24) is 15.4 Å². The van der Waals surface area contributed by atoms with Crippen LogP contribution in [0.15, 0.2) is 67.0 Å². The number of unbranched alkanes of at least 4 members (excludes halogenated alkanes) is 1. The van der Waals surface area contributed by atoms with Gasteiger partial charge in [0.25, 0.3) is 5.91 Å². The highest BCUT2D eigenvalue weighted by Gasteiger charge is 2.19. The first-order valence-corrected chi connectivity index (χ1v) is 11.7. The van der Waals surface area contributed by atoms with E-state index in [4.69, 9.17) is 4.84 Å². The van der Waals surface area contributed by atoms with Crippen LogP contribution in [0.3, 0.4) is 0 Å². The SMILES string of the molecule is C=C(CCCCNC(=O)c1cn2c3c(cccc13)CCC2)NOCc1ccccc1.CC. The van der Waals surface area contributed by atoms with Gasteiger partial charge >= 0.3 is 0 Å². The monoisotopic (exact) mass is 433 g/mol. The number of hydrogen-bond acceptors (Lipinski definition) is 3. The number of aryl methyl sites for hydroxylation is 2. The molecular weight excluding hydrogens is 398 g/mol. The fourth-order valence-electron chi connectivity index (χ4n) is 4.04. The standard InChI is InChI=1S/C25H29N3O2.C2H6/c1-19(27-30-18-20-10-3-2-4-11-20)9-5-6-15-26-25(29)23-17-28-16-8-13-21-12-7-14-22(23)24(21)28;1-2/h2-4,7,10-12,14,17,27H,1,5-6,8-9,13,15-16,18H2,(H,26,29);1-2H3. The molecule has 0 radical (unpaired) electrons. The highest BCUT2D eigenvalue weighted by molar-refractivity contribution is 6.07. The van der Waals surface area contributed by atoms with Gasteiger partial charge in [0, 0.05) is 30.4 Å². The number of carbonyl (C=O) groups excluding carboxylic acids is 1. The highest BCUT2D eigenvalue weighted by atomic mass is 16.6. The lowest BCUT2D eigenvalue weighted by atomic mass is 10.0. The summed E-state index contributed by atoms with van der Waals surface area (Å²) in [5.74, 6) is 0.0148. The van der Waals surface area contributed by atoms with Gasteiger partial charge in [0.15, 0.2) is 0 Å². The molecule has 1 amide bonds. The second kappa shape index (κ2) is 12.1. The van der Waals surface area contributed by atoms with Crippen LogP contribution in [0.4, 0.5) is 0 Å². The van der Waals surface area contributed by atoms with E-state index in [0.29, 0.717) is 13.2 Å². The molecule has 2 N–H and O–H groups in total. The molecule has 0 fully saturated rings. The minimum Gasteiger partial charge on any atom is -0.352 e. The predicted octanol–water partition coefficient (Wildman–Crippen LogP) is 5.75. The van der Waals surface area contributed by atoms with Gasteiger partial charge in [-0.1, -0.05) is 69.0 Å². The van der Waals surface area contributed by atoms with Gasteiger partial charge in [-0.15, -0.1) is 0 Å². The average Bonchev–Trinajstić information content (AvgIpc) is 3.22. The summed E-state index contributed by atoms with van der Waals surface area (Å²) < 4.78 is 2.23. The Kier molecular flexibility index (Phi) is 8.93. The summed E-state index contributed by atoms with van der Waals surface area (Å²) in [7, 11) is 0. The van der Waals surface area contributed by atoms with Crippen LogP contribution in [0.5, 0.6) is 0 Å². The summed E-state index contributed by atoms with van der Waals surface area (Å²) in [5, 5.41) is 4.14. The fourth-order valence-corrected chi connectivity index (χ4v) is 4.04. The zero-order valence-electron chi connectivity index (χ0n) is 19.3. The lowest BCUT2D eigenvalue weighted by molar-refractivity contribution is 0.0471.